The van der Waals surface area contributed by atoms with Crippen LogP contribution in [0.5, 0.6) is 0 Å². The minimum atomic E-state index is 0.563. The van der Waals surface area contributed by atoms with Crippen LogP contribution in [0.4, 0.5) is 0 Å². The number of fused-ring (bicyclic) bond motifs is 6. The fourth-order valence-electron chi connectivity index (χ4n) is 2.60. The van der Waals surface area contributed by atoms with E-state index in [-0.39, 0.29) is 0 Å². The van der Waals surface area contributed by atoms with Crippen molar-refractivity contribution < 1.29 is 0 Å². The quantitative estimate of drug-likeness (QED) is 0.517. The van der Waals surface area contributed by atoms with E-state index in [0.29, 0.717) is 6.67 Å². The highest BCUT2D eigenvalue weighted by atomic mass is 15.0. The average Bonchev–Trinajstić information content (AvgIpc) is 2.89. The number of rotatable bonds is 0. The molecule has 0 saturated heterocycles. The second-order valence-corrected chi connectivity index (χ2v) is 4.25. The molecule has 1 aliphatic heterocycles. The van der Waals surface area contributed by atoms with Gasteiger partial charge in [0, 0.05) is 10.8 Å². The van der Waals surface area contributed by atoms with Gasteiger partial charge in [-0.25, -0.2) is 0 Å². The summed E-state index contributed by atoms with van der Waals surface area (Å²) in [6, 6.07) is 16.9. The highest BCUT2D eigenvalue weighted by Crippen LogP contribution is 2.20. The molecule has 1 heterocycles. The van der Waals surface area contributed by atoms with E-state index in [1.807, 2.05) is 0 Å². The first kappa shape index (κ1) is 8.88. The summed E-state index contributed by atoms with van der Waals surface area (Å²) in [5, 5.41) is 7.06. The Labute approximate surface area is 97.9 Å². The third-order valence-electron chi connectivity index (χ3n) is 3.34. The number of hydrogen-bond acceptors (Lipinski definition) is 2. The Bertz CT molecular complexity index is 790. The van der Waals surface area contributed by atoms with Crippen molar-refractivity contribution in [3.8, 4) is 0 Å². The molecular weight excluding hydrogens is 208 g/mol. The molecule has 0 radical (unpaired) electrons. The van der Waals surface area contributed by atoms with Crippen LogP contribution >= 0.6 is 0 Å². The van der Waals surface area contributed by atoms with Crippen LogP contribution in [0.15, 0.2) is 58.5 Å². The minimum absolute atomic E-state index is 0.563. The van der Waals surface area contributed by atoms with Gasteiger partial charge in [0.25, 0.3) is 0 Å². The van der Waals surface area contributed by atoms with Crippen molar-refractivity contribution in [2.45, 2.75) is 0 Å². The summed E-state index contributed by atoms with van der Waals surface area (Å²) in [5.74, 6) is 0. The van der Waals surface area contributed by atoms with E-state index in [0.717, 1.165) is 10.7 Å². The van der Waals surface area contributed by atoms with Gasteiger partial charge in [0.15, 0.2) is 0 Å². The van der Waals surface area contributed by atoms with Crippen molar-refractivity contribution in [2.24, 2.45) is 9.98 Å². The summed E-state index contributed by atoms with van der Waals surface area (Å²) in [6.45, 7) is 0.563. The van der Waals surface area contributed by atoms with E-state index in [4.69, 9.17) is 0 Å². The van der Waals surface area contributed by atoms with Crippen molar-refractivity contribution in [3.63, 3.8) is 0 Å². The molecule has 0 atom stereocenters. The average molecular weight is 218 g/mol. The van der Waals surface area contributed by atoms with Crippen molar-refractivity contribution in [1.29, 1.82) is 0 Å². The Hall–Kier alpha value is -2.22. The number of nitrogens with zero attached hydrogens (tertiary/aromatic N) is 2. The maximum absolute atomic E-state index is 4.51. The van der Waals surface area contributed by atoms with E-state index < -0.39 is 0 Å². The second-order valence-electron chi connectivity index (χ2n) is 4.25. The van der Waals surface area contributed by atoms with Gasteiger partial charge in [-0.1, -0.05) is 48.5 Å². The molecule has 0 saturated carbocycles. The van der Waals surface area contributed by atoms with Gasteiger partial charge in [-0.15, -0.1) is 0 Å². The van der Waals surface area contributed by atoms with E-state index in [2.05, 4.69) is 58.5 Å². The van der Waals surface area contributed by atoms with Crippen molar-refractivity contribution in [1.82, 2.24) is 0 Å². The van der Waals surface area contributed by atoms with Gasteiger partial charge in [-0.3, -0.25) is 9.98 Å². The van der Waals surface area contributed by atoms with E-state index in [1.54, 1.807) is 0 Å². The molecule has 3 aromatic carbocycles. The smallest absolute Gasteiger partial charge is 0.130 e. The molecule has 17 heavy (non-hydrogen) atoms. The molecule has 0 fully saturated rings. The predicted octanol–water partition coefficient (Wildman–Crippen LogP) is 2.20. The zero-order valence-corrected chi connectivity index (χ0v) is 9.22. The Balaban J connectivity index is 2.50. The SMILES string of the molecule is c1ccc2c(c1)c1c(c3ccccc32)=NCN=1. The first-order chi connectivity index (χ1) is 8.45. The van der Waals surface area contributed by atoms with Gasteiger partial charge in [-0.2, -0.15) is 0 Å². The highest BCUT2D eigenvalue weighted by Gasteiger charge is 2.08. The zero-order chi connectivity index (χ0) is 11.2. The highest BCUT2D eigenvalue weighted by molar-refractivity contribution is 6.07. The summed E-state index contributed by atoms with van der Waals surface area (Å²) in [5.41, 5.74) is 0. The van der Waals surface area contributed by atoms with Crippen LogP contribution in [0, 0.1) is 0 Å². The molecule has 3 aromatic rings. The molecule has 2 nitrogen and oxygen atoms in total. The first-order valence-corrected chi connectivity index (χ1v) is 5.73. The lowest BCUT2D eigenvalue weighted by molar-refractivity contribution is 1.06. The second kappa shape index (κ2) is 3.14. The molecular formula is C15H10N2. The molecule has 0 amide bonds. The summed E-state index contributed by atoms with van der Waals surface area (Å²) >= 11 is 0. The molecule has 1 aliphatic rings. The maximum Gasteiger partial charge on any atom is 0.130 e. The van der Waals surface area contributed by atoms with Crippen LogP contribution in [-0.2, 0) is 0 Å². The van der Waals surface area contributed by atoms with Crippen LogP contribution in [0.3, 0.4) is 0 Å². The first-order valence-electron chi connectivity index (χ1n) is 5.73. The standard InChI is InChI=1S/C15H10N2/c1-3-7-12-10(5-1)11-6-2-4-8-13(11)15-14(12)16-9-17-15/h1-8H,9H2. The Morgan fingerprint density at radius 1 is 0.588 bits per heavy atom. The summed E-state index contributed by atoms with van der Waals surface area (Å²) in [7, 11) is 0. The molecule has 0 bridgehead atoms. The van der Waals surface area contributed by atoms with Crippen LogP contribution in [-0.4, -0.2) is 6.67 Å². The van der Waals surface area contributed by atoms with Gasteiger partial charge >= 0.3 is 0 Å². The largest absolute Gasteiger partial charge is 0.259 e. The fourth-order valence-corrected chi connectivity index (χ4v) is 2.60. The van der Waals surface area contributed by atoms with E-state index in [9.17, 15) is 0 Å². The number of hydrogen-bond donors (Lipinski definition) is 0. The summed E-state index contributed by atoms with van der Waals surface area (Å²) in [4.78, 5) is 9.02. The van der Waals surface area contributed by atoms with Gasteiger partial charge in [-0.05, 0) is 10.8 Å². The Morgan fingerprint density at radius 2 is 1.00 bits per heavy atom. The normalized spacial score (nSPS) is 13.4. The molecule has 0 spiro atoms. The molecule has 2 heteroatoms. The van der Waals surface area contributed by atoms with Gasteiger partial charge < -0.3 is 0 Å². The third kappa shape index (κ3) is 1.10. The van der Waals surface area contributed by atoms with Crippen LogP contribution in [0.1, 0.15) is 0 Å². The molecule has 0 N–H and O–H groups in total. The zero-order valence-electron chi connectivity index (χ0n) is 9.22. The van der Waals surface area contributed by atoms with Crippen molar-refractivity contribution in [2.75, 3.05) is 6.67 Å². The van der Waals surface area contributed by atoms with E-state index >= 15 is 0 Å². The minimum Gasteiger partial charge on any atom is -0.259 e. The molecule has 4 rings (SSSR count). The topological polar surface area (TPSA) is 24.7 Å². The monoisotopic (exact) mass is 218 g/mol. The lowest BCUT2D eigenvalue weighted by Gasteiger charge is -2.03. The Kier molecular flexibility index (Phi) is 1.64. The summed E-state index contributed by atoms with van der Waals surface area (Å²) < 4.78 is 0. The summed E-state index contributed by atoms with van der Waals surface area (Å²) in [6.07, 6.45) is 0. The van der Waals surface area contributed by atoms with Crippen LogP contribution in [0.2, 0.25) is 0 Å². The van der Waals surface area contributed by atoms with Gasteiger partial charge in [0.2, 0.25) is 0 Å². The third-order valence-corrected chi connectivity index (χ3v) is 3.34. The lowest BCUT2D eigenvalue weighted by Crippen LogP contribution is -2.23. The molecule has 0 aliphatic carbocycles. The molecule has 0 unspecified atom stereocenters. The van der Waals surface area contributed by atoms with Crippen LogP contribution in [0.25, 0.3) is 21.5 Å². The van der Waals surface area contributed by atoms with E-state index in [1.165, 1.54) is 21.5 Å². The van der Waals surface area contributed by atoms with Gasteiger partial charge in [0.05, 0.1) is 10.7 Å². The predicted molar refractivity (Wildman–Crippen MR) is 68.6 cm³/mol. The molecule has 80 valence electrons. The maximum atomic E-state index is 4.51. The number of benzene rings is 3. The van der Waals surface area contributed by atoms with Crippen LogP contribution < -0.4 is 10.7 Å². The lowest BCUT2D eigenvalue weighted by atomic mass is 10.0. The van der Waals surface area contributed by atoms with Crippen molar-refractivity contribution >= 4 is 21.5 Å². The van der Waals surface area contributed by atoms with Gasteiger partial charge in [0.1, 0.15) is 6.67 Å². The fraction of sp³-hybridized carbons (Fsp3) is 0.0667. The molecule has 0 aromatic heterocycles. The Morgan fingerprint density at radius 3 is 1.47 bits per heavy atom. The van der Waals surface area contributed by atoms with Crippen molar-refractivity contribution in [3.05, 3.63) is 59.2 Å².